The van der Waals surface area contributed by atoms with Crippen LogP contribution in [0.4, 0.5) is 0 Å². The molecule has 0 N–H and O–H groups in total. The van der Waals surface area contributed by atoms with E-state index in [1.165, 1.54) is 0 Å². The van der Waals surface area contributed by atoms with Crippen molar-refractivity contribution in [2.75, 3.05) is 13.1 Å². The van der Waals surface area contributed by atoms with Crippen LogP contribution in [0, 0.1) is 5.92 Å². The number of likely N-dealkylation sites (tertiary alicyclic amines) is 1. The van der Waals surface area contributed by atoms with Crippen molar-refractivity contribution in [1.82, 2.24) is 4.90 Å². The van der Waals surface area contributed by atoms with Gasteiger partial charge in [0.2, 0.25) is 5.91 Å². The maximum absolute atomic E-state index is 12.4. The Kier molecular flexibility index (Phi) is 3.19. The summed E-state index contributed by atoms with van der Waals surface area (Å²) in [5, 5.41) is 0.487. The summed E-state index contributed by atoms with van der Waals surface area (Å²) in [7, 11) is 0. The molecule has 1 spiro atoms. The van der Waals surface area contributed by atoms with Crippen molar-refractivity contribution in [1.29, 1.82) is 0 Å². The number of ketones is 1. The Morgan fingerprint density at radius 3 is 2.68 bits per heavy atom. The van der Waals surface area contributed by atoms with Gasteiger partial charge in [0.05, 0.1) is 17.0 Å². The quantitative estimate of drug-likeness (QED) is 0.799. The first-order chi connectivity index (χ1) is 10.6. The predicted molar refractivity (Wildman–Crippen MR) is 82.3 cm³/mol. The van der Waals surface area contributed by atoms with E-state index >= 15 is 0 Å². The molecule has 0 aromatic heterocycles. The normalized spacial score (nSPS) is 23.1. The lowest BCUT2D eigenvalue weighted by atomic mass is 9.82. The van der Waals surface area contributed by atoms with Crippen molar-refractivity contribution < 1.29 is 14.3 Å². The maximum atomic E-state index is 12.4. The molecule has 2 aliphatic heterocycles. The third-order valence-electron chi connectivity index (χ3n) is 4.98. The molecule has 0 atom stereocenters. The average Bonchev–Trinajstić information content (AvgIpc) is 3.33. The number of piperidine rings is 1. The molecule has 1 aromatic carbocycles. The zero-order valence-electron chi connectivity index (χ0n) is 12.3. The van der Waals surface area contributed by atoms with Crippen molar-refractivity contribution >= 4 is 23.3 Å². The molecule has 5 heteroatoms. The van der Waals surface area contributed by atoms with Gasteiger partial charge in [-0.25, -0.2) is 0 Å². The Bertz CT molecular complexity index is 645. The summed E-state index contributed by atoms with van der Waals surface area (Å²) in [5.74, 6) is 1.13. The third kappa shape index (κ3) is 2.30. The average molecular weight is 320 g/mol. The van der Waals surface area contributed by atoms with Crippen LogP contribution in [0.15, 0.2) is 18.2 Å². The highest BCUT2D eigenvalue weighted by molar-refractivity contribution is 6.32. The molecule has 1 aliphatic carbocycles. The number of para-hydroxylation sites is 1. The number of Topliss-reactive ketones (excluding diaryl/α,β-unsaturated/α-hetero) is 1. The fourth-order valence-corrected chi connectivity index (χ4v) is 3.69. The Morgan fingerprint density at radius 2 is 2.00 bits per heavy atom. The van der Waals surface area contributed by atoms with Crippen LogP contribution in [0.3, 0.4) is 0 Å². The second-order valence-corrected chi connectivity index (χ2v) is 7.01. The lowest BCUT2D eigenvalue weighted by molar-refractivity contribution is -0.136. The summed E-state index contributed by atoms with van der Waals surface area (Å²) in [6.45, 7) is 1.34. The van der Waals surface area contributed by atoms with Gasteiger partial charge in [-0.2, -0.15) is 0 Å². The van der Waals surface area contributed by atoms with Gasteiger partial charge < -0.3 is 9.64 Å². The number of hydrogen-bond acceptors (Lipinski definition) is 3. The molecule has 1 saturated heterocycles. The largest absolute Gasteiger partial charge is 0.484 e. The van der Waals surface area contributed by atoms with E-state index in [1.807, 2.05) is 4.90 Å². The SMILES string of the molecule is O=C1CC2(CCN(C(=O)C3CC3)CC2)Oc2c(Cl)cccc21. The minimum Gasteiger partial charge on any atom is -0.484 e. The summed E-state index contributed by atoms with van der Waals surface area (Å²) in [6.07, 6.45) is 3.83. The van der Waals surface area contributed by atoms with Crippen LogP contribution in [0.2, 0.25) is 5.02 Å². The van der Waals surface area contributed by atoms with E-state index < -0.39 is 5.60 Å². The van der Waals surface area contributed by atoms with Crippen molar-refractivity contribution in [2.45, 2.75) is 37.7 Å². The standard InChI is InChI=1S/C17H18ClNO3/c18-13-3-1-2-12-14(20)10-17(22-15(12)13)6-8-19(9-7-17)16(21)11-4-5-11/h1-3,11H,4-10H2. The second kappa shape index (κ2) is 4.98. The van der Waals surface area contributed by atoms with Gasteiger partial charge in [-0.05, 0) is 25.0 Å². The molecule has 3 aliphatic rings. The first-order valence-electron chi connectivity index (χ1n) is 7.87. The Hall–Kier alpha value is -1.55. The van der Waals surface area contributed by atoms with E-state index in [4.69, 9.17) is 16.3 Å². The molecule has 0 radical (unpaired) electrons. The van der Waals surface area contributed by atoms with Crippen LogP contribution in [0.1, 0.15) is 42.5 Å². The fraction of sp³-hybridized carbons (Fsp3) is 0.529. The Labute approximate surface area is 134 Å². The van der Waals surface area contributed by atoms with E-state index in [2.05, 4.69) is 0 Å². The van der Waals surface area contributed by atoms with Crippen LogP contribution >= 0.6 is 11.6 Å². The molecular weight excluding hydrogens is 302 g/mol. The van der Waals surface area contributed by atoms with E-state index in [1.54, 1.807) is 18.2 Å². The molecule has 116 valence electrons. The molecule has 1 amide bonds. The molecule has 4 nitrogen and oxygen atoms in total. The number of fused-ring (bicyclic) bond motifs is 1. The van der Waals surface area contributed by atoms with E-state index in [-0.39, 0.29) is 17.6 Å². The zero-order valence-corrected chi connectivity index (χ0v) is 13.1. The summed E-state index contributed by atoms with van der Waals surface area (Å²) in [4.78, 5) is 26.5. The van der Waals surface area contributed by atoms with E-state index in [0.29, 0.717) is 48.7 Å². The molecule has 2 heterocycles. The molecule has 1 aromatic rings. The topological polar surface area (TPSA) is 46.6 Å². The van der Waals surface area contributed by atoms with Crippen LogP contribution < -0.4 is 4.74 Å². The zero-order chi connectivity index (χ0) is 15.3. The van der Waals surface area contributed by atoms with Gasteiger partial charge in [0, 0.05) is 31.8 Å². The number of nitrogens with zero attached hydrogens (tertiary/aromatic N) is 1. The number of carbonyl (C=O) groups is 2. The smallest absolute Gasteiger partial charge is 0.225 e. The molecule has 0 bridgehead atoms. The van der Waals surface area contributed by atoms with Crippen LogP contribution in [-0.4, -0.2) is 35.3 Å². The number of hydrogen-bond donors (Lipinski definition) is 0. The van der Waals surface area contributed by atoms with Gasteiger partial charge in [0.1, 0.15) is 11.4 Å². The Morgan fingerprint density at radius 1 is 1.27 bits per heavy atom. The van der Waals surface area contributed by atoms with E-state index in [9.17, 15) is 9.59 Å². The molecule has 2 fully saturated rings. The van der Waals surface area contributed by atoms with Gasteiger partial charge in [0.25, 0.3) is 0 Å². The highest BCUT2D eigenvalue weighted by Crippen LogP contribution is 2.43. The predicted octanol–water partition coefficient (Wildman–Crippen LogP) is 3.08. The third-order valence-corrected chi connectivity index (χ3v) is 5.28. The highest BCUT2D eigenvalue weighted by atomic mass is 35.5. The lowest BCUT2D eigenvalue weighted by Crippen LogP contribution is -2.52. The first kappa shape index (κ1) is 14.1. The summed E-state index contributed by atoms with van der Waals surface area (Å²) >= 11 is 6.20. The number of carbonyl (C=O) groups excluding carboxylic acids is 2. The summed E-state index contributed by atoms with van der Waals surface area (Å²) in [5.41, 5.74) is 0.0877. The number of ether oxygens (including phenoxy) is 1. The van der Waals surface area contributed by atoms with Crippen molar-refractivity contribution in [3.8, 4) is 5.75 Å². The Balaban J connectivity index is 1.53. The monoisotopic (exact) mass is 319 g/mol. The van der Waals surface area contributed by atoms with Crippen LogP contribution in [0.25, 0.3) is 0 Å². The molecular formula is C17H18ClNO3. The highest BCUT2D eigenvalue weighted by Gasteiger charge is 2.45. The van der Waals surface area contributed by atoms with Gasteiger partial charge in [-0.3, -0.25) is 9.59 Å². The van der Waals surface area contributed by atoms with Gasteiger partial charge in [-0.15, -0.1) is 0 Å². The van der Waals surface area contributed by atoms with Gasteiger partial charge in [-0.1, -0.05) is 17.7 Å². The lowest BCUT2D eigenvalue weighted by Gasteiger charge is -2.44. The molecule has 4 rings (SSSR count). The number of amides is 1. The fourth-order valence-electron chi connectivity index (χ4n) is 3.47. The molecule has 22 heavy (non-hydrogen) atoms. The maximum Gasteiger partial charge on any atom is 0.225 e. The van der Waals surface area contributed by atoms with Gasteiger partial charge in [0.15, 0.2) is 5.78 Å². The van der Waals surface area contributed by atoms with Crippen molar-refractivity contribution in [3.63, 3.8) is 0 Å². The van der Waals surface area contributed by atoms with Crippen molar-refractivity contribution in [2.24, 2.45) is 5.92 Å². The summed E-state index contributed by atoms with van der Waals surface area (Å²) < 4.78 is 6.18. The number of rotatable bonds is 1. The van der Waals surface area contributed by atoms with Gasteiger partial charge >= 0.3 is 0 Å². The molecule has 1 saturated carbocycles. The minimum absolute atomic E-state index is 0.0886. The van der Waals surface area contributed by atoms with Crippen molar-refractivity contribution in [3.05, 3.63) is 28.8 Å². The van der Waals surface area contributed by atoms with E-state index in [0.717, 1.165) is 12.8 Å². The summed E-state index contributed by atoms with van der Waals surface area (Å²) in [6, 6.07) is 5.29. The van der Waals surface area contributed by atoms with Crippen LogP contribution in [0.5, 0.6) is 5.75 Å². The molecule has 0 unspecified atom stereocenters. The number of halogens is 1. The second-order valence-electron chi connectivity index (χ2n) is 6.60. The first-order valence-corrected chi connectivity index (χ1v) is 8.25. The number of benzene rings is 1. The van der Waals surface area contributed by atoms with Crippen LogP contribution in [-0.2, 0) is 4.79 Å². The minimum atomic E-state index is -0.491.